The van der Waals surface area contributed by atoms with Crippen LogP contribution in [-0.4, -0.2) is 19.5 Å². The summed E-state index contributed by atoms with van der Waals surface area (Å²) < 4.78 is 11.0. The summed E-state index contributed by atoms with van der Waals surface area (Å²) >= 11 is 0. The van der Waals surface area contributed by atoms with Crippen LogP contribution in [0.2, 0.25) is 0 Å². The standard InChI is InChI=1S/C14H26O2/c1-6-15-14(16-7-2)11-13(5)10-8-9-12(3)4/h9,14H,5-8,10-11H2,1-4H3. The normalized spacial score (nSPS) is 10.6. The quantitative estimate of drug-likeness (QED) is 0.435. The monoisotopic (exact) mass is 226 g/mol. The van der Waals surface area contributed by atoms with Gasteiger partial charge in [-0.3, -0.25) is 0 Å². The van der Waals surface area contributed by atoms with Crippen LogP contribution < -0.4 is 0 Å². The van der Waals surface area contributed by atoms with E-state index in [1.807, 2.05) is 13.8 Å². The molecule has 2 heteroatoms. The van der Waals surface area contributed by atoms with E-state index < -0.39 is 0 Å². The lowest BCUT2D eigenvalue weighted by atomic mass is 10.1. The van der Waals surface area contributed by atoms with Crippen LogP contribution in [0.25, 0.3) is 0 Å². The number of allylic oxidation sites excluding steroid dienone is 2. The summed E-state index contributed by atoms with van der Waals surface area (Å²) in [5, 5.41) is 0. The molecule has 16 heavy (non-hydrogen) atoms. The first-order valence-electron chi connectivity index (χ1n) is 6.13. The predicted molar refractivity (Wildman–Crippen MR) is 69.5 cm³/mol. The topological polar surface area (TPSA) is 18.5 Å². The van der Waals surface area contributed by atoms with Crippen molar-refractivity contribution in [1.82, 2.24) is 0 Å². The van der Waals surface area contributed by atoms with Gasteiger partial charge in [-0.15, -0.1) is 0 Å². The van der Waals surface area contributed by atoms with Gasteiger partial charge in [-0.1, -0.05) is 23.8 Å². The smallest absolute Gasteiger partial charge is 0.161 e. The molecule has 0 aliphatic carbocycles. The maximum atomic E-state index is 5.48. The molecule has 0 amide bonds. The Morgan fingerprint density at radius 3 is 2.19 bits per heavy atom. The van der Waals surface area contributed by atoms with Gasteiger partial charge >= 0.3 is 0 Å². The molecule has 0 unspecified atom stereocenters. The molecule has 0 fully saturated rings. The van der Waals surface area contributed by atoms with Crippen LogP contribution in [0.1, 0.15) is 47.0 Å². The highest BCUT2D eigenvalue weighted by molar-refractivity contribution is 5.00. The molecule has 0 spiro atoms. The largest absolute Gasteiger partial charge is 0.353 e. The van der Waals surface area contributed by atoms with Gasteiger partial charge in [0, 0.05) is 19.6 Å². The van der Waals surface area contributed by atoms with E-state index in [9.17, 15) is 0 Å². The van der Waals surface area contributed by atoms with Crippen LogP contribution >= 0.6 is 0 Å². The molecular weight excluding hydrogens is 200 g/mol. The van der Waals surface area contributed by atoms with Gasteiger partial charge in [0.25, 0.3) is 0 Å². The molecule has 94 valence electrons. The van der Waals surface area contributed by atoms with Crippen LogP contribution in [0.15, 0.2) is 23.8 Å². The summed E-state index contributed by atoms with van der Waals surface area (Å²) in [6.45, 7) is 13.6. The molecule has 0 saturated carbocycles. The lowest BCUT2D eigenvalue weighted by molar-refractivity contribution is -0.134. The Kier molecular flexibility index (Phi) is 9.25. The SMILES string of the molecule is C=C(CCC=C(C)C)CC(OCC)OCC. The second-order valence-electron chi connectivity index (χ2n) is 4.11. The zero-order valence-corrected chi connectivity index (χ0v) is 11.2. The number of rotatable bonds is 9. The minimum atomic E-state index is -0.116. The Labute approximate surface area is 100 Å². The van der Waals surface area contributed by atoms with E-state index in [4.69, 9.17) is 9.47 Å². The summed E-state index contributed by atoms with van der Waals surface area (Å²) in [6.07, 6.45) is 5.00. The van der Waals surface area contributed by atoms with Gasteiger partial charge in [-0.2, -0.15) is 0 Å². The van der Waals surface area contributed by atoms with Crippen molar-refractivity contribution in [2.45, 2.75) is 53.2 Å². The highest BCUT2D eigenvalue weighted by Gasteiger charge is 2.09. The van der Waals surface area contributed by atoms with Crippen LogP contribution in [0.3, 0.4) is 0 Å². The Balaban J connectivity index is 3.85. The molecule has 0 N–H and O–H groups in total. The van der Waals surface area contributed by atoms with E-state index in [2.05, 4.69) is 26.5 Å². The first-order valence-corrected chi connectivity index (χ1v) is 6.13. The fourth-order valence-electron chi connectivity index (χ4n) is 1.44. The van der Waals surface area contributed by atoms with Crippen molar-refractivity contribution in [3.63, 3.8) is 0 Å². The molecule has 0 atom stereocenters. The van der Waals surface area contributed by atoms with Crippen LogP contribution in [0, 0.1) is 0 Å². The van der Waals surface area contributed by atoms with Crippen LogP contribution in [0.4, 0.5) is 0 Å². The predicted octanol–water partition coefficient (Wildman–Crippen LogP) is 4.08. The second-order valence-corrected chi connectivity index (χ2v) is 4.11. The third-order valence-corrected chi connectivity index (χ3v) is 2.21. The van der Waals surface area contributed by atoms with Crippen molar-refractivity contribution >= 4 is 0 Å². The Morgan fingerprint density at radius 1 is 1.19 bits per heavy atom. The van der Waals surface area contributed by atoms with Gasteiger partial charge in [-0.05, 0) is 40.5 Å². The zero-order valence-electron chi connectivity index (χ0n) is 11.2. The Morgan fingerprint density at radius 2 is 1.75 bits per heavy atom. The van der Waals surface area contributed by atoms with Crippen LogP contribution in [0.5, 0.6) is 0 Å². The third kappa shape index (κ3) is 8.69. The van der Waals surface area contributed by atoms with Gasteiger partial charge in [0.15, 0.2) is 6.29 Å². The summed E-state index contributed by atoms with van der Waals surface area (Å²) in [5.41, 5.74) is 2.56. The summed E-state index contributed by atoms with van der Waals surface area (Å²) in [4.78, 5) is 0. The minimum absolute atomic E-state index is 0.116. The molecule has 0 bridgehead atoms. The number of ether oxygens (including phenoxy) is 2. The van der Waals surface area contributed by atoms with E-state index >= 15 is 0 Å². The maximum Gasteiger partial charge on any atom is 0.161 e. The van der Waals surface area contributed by atoms with E-state index in [1.54, 1.807) is 0 Å². The molecule has 0 aliphatic rings. The molecule has 0 aromatic heterocycles. The fourth-order valence-corrected chi connectivity index (χ4v) is 1.44. The van der Waals surface area contributed by atoms with Crippen molar-refractivity contribution in [3.05, 3.63) is 23.8 Å². The van der Waals surface area contributed by atoms with Crippen molar-refractivity contribution in [3.8, 4) is 0 Å². The lowest BCUT2D eigenvalue weighted by Crippen LogP contribution is -2.17. The average Bonchev–Trinajstić information content (AvgIpc) is 2.17. The van der Waals surface area contributed by atoms with Crippen LogP contribution in [-0.2, 0) is 9.47 Å². The Bertz CT molecular complexity index is 209. The highest BCUT2D eigenvalue weighted by Crippen LogP contribution is 2.14. The maximum absolute atomic E-state index is 5.48. The number of hydrogen-bond donors (Lipinski definition) is 0. The fraction of sp³-hybridized carbons (Fsp3) is 0.714. The molecule has 0 aliphatic heterocycles. The molecular formula is C14H26O2. The van der Waals surface area contributed by atoms with Gasteiger partial charge in [-0.25, -0.2) is 0 Å². The van der Waals surface area contributed by atoms with E-state index in [1.165, 1.54) is 11.1 Å². The van der Waals surface area contributed by atoms with E-state index in [0.717, 1.165) is 19.3 Å². The van der Waals surface area contributed by atoms with Gasteiger partial charge in [0.1, 0.15) is 0 Å². The molecule has 2 nitrogen and oxygen atoms in total. The minimum Gasteiger partial charge on any atom is -0.353 e. The average molecular weight is 226 g/mol. The summed E-state index contributed by atoms with van der Waals surface area (Å²) in [5.74, 6) is 0. The third-order valence-electron chi connectivity index (χ3n) is 2.21. The summed E-state index contributed by atoms with van der Waals surface area (Å²) in [6, 6.07) is 0. The lowest BCUT2D eigenvalue weighted by Gasteiger charge is -2.17. The van der Waals surface area contributed by atoms with Crippen molar-refractivity contribution in [2.24, 2.45) is 0 Å². The van der Waals surface area contributed by atoms with Crippen molar-refractivity contribution in [1.29, 1.82) is 0 Å². The highest BCUT2D eigenvalue weighted by atomic mass is 16.7. The summed E-state index contributed by atoms with van der Waals surface area (Å²) in [7, 11) is 0. The molecule has 0 rings (SSSR count). The van der Waals surface area contributed by atoms with Crippen molar-refractivity contribution in [2.75, 3.05) is 13.2 Å². The van der Waals surface area contributed by atoms with Crippen molar-refractivity contribution < 1.29 is 9.47 Å². The zero-order chi connectivity index (χ0) is 12.4. The molecule has 0 aromatic rings. The molecule has 0 aromatic carbocycles. The number of hydrogen-bond acceptors (Lipinski definition) is 2. The Hall–Kier alpha value is -0.600. The first kappa shape index (κ1) is 15.4. The van der Waals surface area contributed by atoms with E-state index in [0.29, 0.717) is 13.2 Å². The first-order chi connectivity index (χ1) is 7.60. The molecule has 0 saturated heterocycles. The molecule has 0 radical (unpaired) electrons. The van der Waals surface area contributed by atoms with E-state index in [-0.39, 0.29) is 6.29 Å². The second kappa shape index (κ2) is 9.61. The van der Waals surface area contributed by atoms with Gasteiger partial charge < -0.3 is 9.47 Å². The molecule has 0 heterocycles. The van der Waals surface area contributed by atoms with Gasteiger partial charge in [0.05, 0.1) is 0 Å². The van der Waals surface area contributed by atoms with Gasteiger partial charge in [0.2, 0.25) is 0 Å².